The molecule has 2 unspecified atom stereocenters. The van der Waals surface area contributed by atoms with Crippen LogP contribution in [0.25, 0.3) is 0 Å². The number of hydrogen-bond acceptors (Lipinski definition) is 4. The number of imidazole rings is 1. The lowest BCUT2D eigenvalue weighted by Crippen LogP contribution is -2.34. The quantitative estimate of drug-likeness (QED) is 0.790. The van der Waals surface area contributed by atoms with Crippen molar-refractivity contribution in [1.82, 2.24) is 14.5 Å². The summed E-state index contributed by atoms with van der Waals surface area (Å²) >= 11 is 0. The van der Waals surface area contributed by atoms with Crippen LogP contribution in [0.5, 0.6) is 0 Å². The molecule has 2 N–H and O–H groups in total. The molecule has 90 valence electrons. The molecule has 5 heteroatoms. The minimum absolute atomic E-state index is 0.257. The van der Waals surface area contributed by atoms with Crippen molar-refractivity contribution < 1.29 is 4.74 Å². The Labute approximate surface area is 96.2 Å². The second kappa shape index (κ2) is 4.95. The number of aromatic nitrogens is 2. The predicted octanol–water partition coefficient (Wildman–Crippen LogP) is 0.141. The van der Waals surface area contributed by atoms with Gasteiger partial charge in [-0.25, -0.2) is 4.98 Å². The van der Waals surface area contributed by atoms with Crippen molar-refractivity contribution in [3.8, 4) is 0 Å². The average molecular weight is 224 g/mol. The normalized spacial score (nSPS) is 23.8. The minimum Gasteiger partial charge on any atom is -0.380 e. The molecular formula is C11H20N4O. The van der Waals surface area contributed by atoms with Crippen LogP contribution in [0.3, 0.4) is 0 Å². The first-order valence-corrected chi connectivity index (χ1v) is 5.69. The zero-order chi connectivity index (χ0) is 11.5. The highest BCUT2D eigenvalue weighted by molar-refractivity contribution is 5.07. The monoisotopic (exact) mass is 224 g/mol. The number of methoxy groups -OCH3 is 1. The van der Waals surface area contributed by atoms with E-state index in [9.17, 15) is 0 Å². The first-order valence-electron chi connectivity index (χ1n) is 5.69. The van der Waals surface area contributed by atoms with Crippen molar-refractivity contribution in [2.45, 2.75) is 18.6 Å². The van der Waals surface area contributed by atoms with E-state index < -0.39 is 0 Å². The zero-order valence-corrected chi connectivity index (χ0v) is 9.97. The van der Waals surface area contributed by atoms with Crippen LogP contribution in [-0.2, 0) is 11.8 Å². The van der Waals surface area contributed by atoms with Gasteiger partial charge in [0.2, 0.25) is 0 Å². The van der Waals surface area contributed by atoms with Gasteiger partial charge < -0.3 is 15.0 Å². The molecule has 0 saturated carbocycles. The maximum atomic E-state index is 5.88. The van der Waals surface area contributed by atoms with E-state index in [0.717, 1.165) is 19.5 Å². The number of rotatable bonds is 4. The van der Waals surface area contributed by atoms with Gasteiger partial charge in [-0.3, -0.25) is 4.90 Å². The van der Waals surface area contributed by atoms with Gasteiger partial charge in [0, 0.05) is 40.0 Å². The molecule has 16 heavy (non-hydrogen) atoms. The van der Waals surface area contributed by atoms with Gasteiger partial charge in [-0.15, -0.1) is 0 Å². The Hall–Kier alpha value is -0.910. The molecule has 1 saturated heterocycles. The van der Waals surface area contributed by atoms with Gasteiger partial charge >= 0.3 is 0 Å². The smallest absolute Gasteiger partial charge is 0.0946 e. The highest BCUT2D eigenvalue weighted by Crippen LogP contribution is 2.24. The molecule has 0 aromatic carbocycles. The molecule has 2 rings (SSSR count). The van der Waals surface area contributed by atoms with Crippen molar-refractivity contribution in [2.24, 2.45) is 12.8 Å². The van der Waals surface area contributed by atoms with Crippen LogP contribution < -0.4 is 5.73 Å². The van der Waals surface area contributed by atoms with E-state index in [1.807, 2.05) is 24.1 Å². The second-order valence-corrected chi connectivity index (χ2v) is 4.32. The number of likely N-dealkylation sites (tertiary alicyclic amines) is 1. The fraction of sp³-hybridized carbons (Fsp3) is 0.727. The van der Waals surface area contributed by atoms with Crippen LogP contribution in [0.2, 0.25) is 0 Å². The van der Waals surface area contributed by atoms with E-state index in [1.54, 1.807) is 7.11 Å². The summed E-state index contributed by atoms with van der Waals surface area (Å²) in [7, 11) is 3.78. The molecule has 0 radical (unpaired) electrons. The highest BCUT2D eigenvalue weighted by Gasteiger charge is 2.29. The van der Waals surface area contributed by atoms with E-state index >= 15 is 0 Å². The molecule has 5 nitrogen and oxygen atoms in total. The largest absolute Gasteiger partial charge is 0.380 e. The molecule has 2 heterocycles. The Morgan fingerprint density at radius 3 is 3.00 bits per heavy atom. The summed E-state index contributed by atoms with van der Waals surface area (Å²) in [6, 6.07) is 0.257. The Bertz CT molecular complexity index is 338. The molecule has 1 aliphatic heterocycles. The lowest BCUT2D eigenvalue weighted by molar-refractivity contribution is 0.101. The molecule has 0 aliphatic carbocycles. The molecule has 0 spiro atoms. The maximum absolute atomic E-state index is 5.88. The number of nitrogens with zero attached hydrogens (tertiary/aromatic N) is 3. The first-order chi connectivity index (χ1) is 7.76. The van der Waals surface area contributed by atoms with Crippen molar-refractivity contribution >= 4 is 0 Å². The summed E-state index contributed by atoms with van der Waals surface area (Å²) in [6.45, 7) is 2.63. The van der Waals surface area contributed by atoms with Gasteiger partial charge in [-0.2, -0.15) is 0 Å². The number of nitrogens with two attached hydrogens (primary N) is 1. The van der Waals surface area contributed by atoms with Gasteiger partial charge in [0.1, 0.15) is 0 Å². The molecule has 0 amide bonds. The predicted molar refractivity (Wildman–Crippen MR) is 62.0 cm³/mol. The van der Waals surface area contributed by atoms with Crippen molar-refractivity contribution in [3.05, 3.63) is 18.2 Å². The fourth-order valence-electron chi connectivity index (χ4n) is 2.37. The lowest BCUT2D eigenvalue weighted by Gasteiger charge is -2.26. The van der Waals surface area contributed by atoms with Gasteiger partial charge in [-0.05, 0) is 6.42 Å². The maximum Gasteiger partial charge on any atom is 0.0946 e. The Morgan fingerprint density at radius 1 is 1.69 bits per heavy atom. The summed E-state index contributed by atoms with van der Waals surface area (Å²) in [5.74, 6) is 0. The second-order valence-electron chi connectivity index (χ2n) is 4.32. The van der Waals surface area contributed by atoms with Crippen LogP contribution in [-0.4, -0.2) is 47.3 Å². The van der Waals surface area contributed by atoms with Gasteiger partial charge in [0.15, 0.2) is 0 Å². The average Bonchev–Trinajstić information content (AvgIpc) is 2.90. The molecule has 1 aromatic heterocycles. The summed E-state index contributed by atoms with van der Waals surface area (Å²) in [4.78, 5) is 6.53. The summed E-state index contributed by atoms with van der Waals surface area (Å²) in [5, 5.41) is 0. The van der Waals surface area contributed by atoms with Crippen molar-refractivity contribution in [1.29, 1.82) is 0 Å². The van der Waals surface area contributed by atoms with Crippen molar-refractivity contribution in [3.63, 3.8) is 0 Å². The van der Waals surface area contributed by atoms with Crippen LogP contribution in [0.4, 0.5) is 0 Å². The summed E-state index contributed by atoms with van der Waals surface area (Å²) in [5.41, 5.74) is 7.06. The van der Waals surface area contributed by atoms with Crippen LogP contribution in [0.15, 0.2) is 12.5 Å². The molecule has 0 bridgehead atoms. The number of aryl methyl sites for hydroxylation is 1. The molecule has 1 aromatic rings. The lowest BCUT2D eigenvalue weighted by atomic mass is 10.2. The minimum atomic E-state index is 0.257. The molecule has 2 atom stereocenters. The van der Waals surface area contributed by atoms with Crippen LogP contribution >= 0.6 is 0 Å². The van der Waals surface area contributed by atoms with Crippen LogP contribution in [0.1, 0.15) is 18.2 Å². The number of hydrogen-bond donors (Lipinski definition) is 1. The number of ether oxygens (including phenoxy) is 1. The first kappa shape index (κ1) is 11.6. The third-order valence-electron chi connectivity index (χ3n) is 3.37. The van der Waals surface area contributed by atoms with Crippen molar-refractivity contribution in [2.75, 3.05) is 26.7 Å². The molecular weight excluding hydrogens is 204 g/mol. The van der Waals surface area contributed by atoms with Crippen LogP contribution in [0, 0.1) is 0 Å². The Kier molecular flexibility index (Phi) is 3.58. The third-order valence-corrected chi connectivity index (χ3v) is 3.37. The molecule has 1 fully saturated rings. The highest BCUT2D eigenvalue weighted by atomic mass is 16.5. The molecule has 1 aliphatic rings. The topological polar surface area (TPSA) is 56.3 Å². The Balaban J connectivity index is 2.09. The SMILES string of the molecule is COC1CCN(C(CN)c2cncn2C)C1. The Morgan fingerprint density at radius 2 is 2.50 bits per heavy atom. The summed E-state index contributed by atoms with van der Waals surface area (Å²) < 4.78 is 7.42. The van der Waals surface area contributed by atoms with E-state index in [0.29, 0.717) is 12.6 Å². The van der Waals surface area contributed by atoms with E-state index in [4.69, 9.17) is 10.5 Å². The zero-order valence-electron chi connectivity index (χ0n) is 9.97. The van der Waals surface area contributed by atoms with Gasteiger partial charge in [0.05, 0.1) is 24.2 Å². The summed E-state index contributed by atoms with van der Waals surface area (Å²) in [6.07, 6.45) is 5.16. The standard InChI is InChI=1S/C11H20N4O/c1-14-8-13-6-11(14)10(5-12)15-4-3-9(7-15)16-2/h6,8-10H,3-5,7,12H2,1-2H3. The van der Waals surface area contributed by atoms with E-state index in [1.165, 1.54) is 5.69 Å². The van der Waals surface area contributed by atoms with E-state index in [-0.39, 0.29) is 6.04 Å². The van der Waals surface area contributed by atoms with E-state index in [2.05, 4.69) is 9.88 Å². The third kappa shape index (κ3) is 2.11. The van der Waals surface area contributed by atoms with Gasteiger partial charge in [0.25, 0.3) is 0 Å². The fourth-order valence-corrected chi connectivity index (χ4v) is 2.37. The van der Waals surface area contributed by atoms with Gasteiger partial charge in [-0.1, -0.05) is 0 Å².